The van der Waals surface area contributed by atoms with Crippen molar-refractivity contribution in [3.63, 3.8) is 0 Å². The number of hydrogen-bond donors (Lipinski definition) is 2. The number of carbonyl (C=O) groups excluding carboxylic acids is 4. The number of fused-ring (bicyclic) bond motifs is 1. The summed E-state index contributed by atoms with van der Waals surface area (Å²) in [4.78, 5) is 71.0. The molecule has 2 aromatic heterocycles. The molecule has 5 aromatic rings. The molecule has 16 heteroatoms. The van der Waals surface area contributed by atoms with Crippen molar-refractivity contribution in [2.45, 2.75) is 48.8 Å². The van der Waals surface area contributed by atoms with Crippen molar-refractivity contribution in [3.8, 4) is 0 Å². The minimum Gasteiger partial charge on any atom is -0.457 e. The molecule has 3 aromatic carbocycles. The third-order valence-corrected chi connectivity index (χ3v) is 12.5. The van der Waals surface area contributed by atoms with Crippen LogP contribution in [0.4, 0.5) is 9.93 Å². The van der Waals surface area contributed by atoms with Crippen LogP contribution in [-0.4, -0.2) is 81.0 Å². The number of nitrogens with one attached hydrogen (secondary N) is 1. The van der Waals surface area contributed by atoms with Gasteiger partial charge in [-0.2, -0.15) is 0 Å². The number of anilines is 1. The van der Waals surface area contributed by atoms with Crippen LogP contribution in [0.1, 0.15) is 53.6 Å². The highest BCUT2D eigenvalue weighted by Crippen LogP contribution is 2.43. The number of rotatable bonds is 15. The van der Waals surface area contributed by atoms with E-state index in [2.05, 4.69) is 20.4 Å². The molecule has 14 nitrogen and oxygen atoms in total. The number of thioether (sulfide) groups is 1. The van der Waals surface area contributed by atoms with Gasteiger partial charge in [-0.15, -0.1) is 23.1 Å². The quantitative estimate of drug-likeness (QED) is 0.0279. The summed E-state index contributed by atoms with van der Waals surface area (Å²) in [6.45, 7) is -0.504. The molecule has 3 N–H and O–H groups in total. The Morgan fingerprint density at radius 3 is 2.11 bits per heavy atom. The lowest BCUT2D eigenvalue weighted by atomic mass is 9.80. The van der Waals surface area contributed by atoms with Gasteiger partial charge >= 0.3 is 12.1 Å². The van der Waals surface area contributed by atoms with Crippen molar-refractivity contribution >= 4 is 64.0 Å². The predicted molar refractivity (Wildman–Crippen MR) is 234 cm³/mol. The summed E-state index contributed by atoms with van der Waals surface area (Å²) >= 11 is 2.49. The Morgan fingerprint density at radius 2 is 1.52 bits per heavy atom. The molecule has 0 bridgehead atoms. The van der Waals surface area contributed by atoms with Gasteiger partial charge in [0.25, 0.3) is 11.8 Å². The molecule has 8 rings (SSSR count). The monoisotopic (exact) mass is 870 g/mol. The van der Waals surface area contributed by atoms with Crippen molar-refractivity contribution in [1.29, 1.82) is 0 Å². The molecular weight excluding hydrogens is 829 g/mol. The molecule has 62 heavy (non-hydrogen) atoms. The molecule has 0 radical (unpaired) electrons. The van der Waals surface area contributed by atoms with E-state index in [1.807, 2.05) is 97.1 Å². The first-order valence-electron chi connectivity index (χ1n) is 20.0. The molecule has 2 fully saturated rings. The fourth-order valence-electron chi connectivity index (χ4n) is 7.54. The second-order valence-electron chi connectivity index (χ2n) is 14.5. The van der Waals surface area contributed by atoms with E-state index >= 15 is 0 Å². The Morgan fingerprint density at radius 1 is 0.871 bits per heavy atom. The number of thiazole rings is 1. The predicted octanol–water partition coefficient (Wildman–Crippen LogP) is 6.84. The van der Waals surface area contributed by atoms with E-state index in [9.17, 15) is 19.2 Å². The standard InChI is InChI=1S/C46H42N6O8S2/c47-44-49-36(29-62-44)37(51-60-46(32-14-4-1-5-15-32,33-16-6-2-7-17-33)34-18-8-3-9-19-34)40(53)50-38-41(54)52-39(31(28-61-42(38)52)23-22-30-13-12-24-48-27-30)43(55)57-25-26-58-45(56)59-35-20-10-11-21-35/h1-9,12-19,22-24,27,29,35,38,42H,10-11,20-21,25-26,28H2,(H2,47,49)(H,50,53)/b23-22-,51-37?/t38-,42+/m1/s1. The van der Waals surface area contributed by atoms with Crippen LogP contribution in [0, 0.1) is 0 Å². The Hall–Kier alpha value is -6.78. The number of pyridine rings is 1. The molecule has 316 valence electrons. The number of nitrogens with zero attached hydrogens (tertiary/aromatic N) is 4. The van der Waals surface area contributed by atoms with Crippen LogP contribution in [0.2, 0.25) is 0 Å². The summed E-state index contributed by atoms with van der Waals surface area (Å²) < 4.78 is 16.0. The molecule has 4 heterocycles. The van der Waals surface area contributed by atoms with Crippen LogP contribution in [0.15, 0.2) is 143 Å². The third kappa shape index (κ3) is 9.11. The minimum atomic E-state index is -1.32. The first kappa shape index (κ1) is 41.9. The summed E-state index contributed by atoms with van der Waals surface area (Å²) in [6.07, 6.45) is 9.40. The van der Waals surface area contributed by atoms with E-state index in [0.717, 1.165) is 59.3 Å². The second-order valence-corrected chi connectivity index (χ2v) is 16.5. The van der Waals surface area contributed by atoms with Crippen molar-refractivity contribution in [2.24, 2.45) is 5.16 Å². The lowest BCUT2D eigenvalue weighted by Crippen LogP contribution is -2.71. The summed E-state index contributed by atoms with van der Waals surface area (Å²) in [5, 5.41) is 8.52. The van der Waals surface area contributed by atoms with Gasteiger partial charge < -0.3 is 30.1 Å². The number of amides is 2. The first-order valence-corrected chi connectivity index (χ1v) is 22.0. The van der Waals surface area contributed by atoms with Gasteiger partial charge in [0.2, 0.25) is 5.60 Å². The molecular formula is C46H42N6O8S2. The average Bonchev–Trinajstić information content (AvgIpc) is 4.00. The van der Waals surface area contributed by atoms with Gasteiger partial charge in [-0.25, -0.2) is 14.6 Å². The van der Waals surface area contributed by atoms with Crippen LogP contribution < -0.4 is 11.1 Å². The summed E-state index contributed by atoms with van der Waals surface area (Å²) in [6, 6.07) is 31.2. The lowest BCUT2D eigenvalue weighted by molar-refractivity contribution is -0.153. The number of benzene rings is 3. The maximum Gasteiger partial charge on any atom is 0.508 e. The number of nitrogens with two attached hydrogens (primary N) is 1. The van der Waals surface area contributed by atoms with Crippen LogP contribution in [0.3, 0.4) is 0 Å². The second kappa shape index (κ2) is 19.3. The highest BCUT2D eigenvalue weighted by atomic mass is 32.2. The number of allylic oxidation sites excluding steroid dienone is 1. The average molecular weight is 871 g/mol. The zero-order chi connectivity index (χ0) is 42.9. The van der Waals surface area contributed by atoms with Crippen molar-refractivity contribution in [2.75, 3.05) is 24.7 Å². The van der Waals surface area contributed by atoms with Crippen LogP contribution in [0.5, 0.6) is 0 Å². The molecule has 2 aliphatic heterocycles. The fraction of sp³-hybridized carbons (Fsp3) is 0.239. The zero-order valence-electron chi connectivity index (χ0n) is 33.3. The van der Waals surface area contributed by atoms with Crippen molar-refractivity contribution in [3.05, 3.63) is 166 Å². The van der Waals surface area contributed by atoms with E-state index in [1.54, 1.807) is 36.0 Å². The molecule has 1 aliphatic carbocycles. The first-order chi connectivity index (χ1) is 30.3. The van der Waals surface area contributed by atoms with Gasteiger partial charge in [-0.1, -0.05) is 114 Å². The smallest absolute Gasteiger partial charge is 0.457 e. The van der Waals surface area contributed by atoms with Gasteiger partial charge in [0.1, 0.15) is 42.1 Å². The minimum absolute atomic E-state index is 0.0146. The topological polar surface area (TPSA) is 185 Å². The molecule has 2 atom stereocenters. The van der Waals surface area contributed by atoms with Gasteiger partial charge in [0, 0.05) is 40.2 Å². The number of oxime groups is 1. The van der Waals surface area contributed by atoms with Crippen molar-refractivity contribution in [1.82, 2.24) is 20.2 Å². The molecule has 2 amide bonds. The molecule has 0 spiro atoms. The van der Waals surface area contributed by atoms with E-state index < -0.39 is 41.0 Å². The molecule has 3 aliphatic rings. The van der Waals surface area contributed by atoms with Crippen LogP contribution in [0.25, 0.3) is 6.08 Å². The Bertz CT molecular complexity index is 2380. The zero-order valence-corrected chi connectivity index (χ0v) is 35.0. The number of hydrogen-bond acceptors (Lipinski definition) is 14. The number of carbonyl (C=O) groups is 4. The number of nitrogen functional groups attached to an aromatic ring is 1. The number of β-lactam (4-membered cyclic amide) rings is 1. The molecule has 1 saturated heterocycles. The van der Waals surface area contributed by atoms with Gasteiger partial charge in [0.15, 0.2) is 10.8 Å². The van der Waals surface area contributed by atoms with E-state index in [1.165, 1.54) is 16.7 Å². The Kier molecular flexibility index (Phi) is 13.0. The number of aromatic nitrogens is 2. The number of ether oxygens (including phenoxy) is 3. The van der Waals surface area contributed by atoms with E-state index in [4.69, 9.17) is 24.8 Å². The van der Waals surface area contributed by atoms with E-state index in [0.29, 0.717) is 11.3 Å². The highest BCUT2D eigenvalue weighted by Gasteiger charge is 2.54. The third-order valence-electron chi connectivity index (χ3n) is 10.5. The largest absolute Gasteiger partial charge is 0.508 e. The van der Waals surface area contributed by atoms with Crippen LogP contribution >= 0.6 is 23.1 Å². The van der Waals surface area contributed by atoms with Gasteiger partial charge in [-0.05, 0) is 42.9 Å². The maximum absolute atomic E-state index is 14.4. The highest BCUT2D eigenvalue weighted by molar-refractivity contribution is 8.00. The summed E-state index contributed by atoms with van der Waals surface area (Å²) in [5.74, 6) is -1.78. The fourth-order valence-corrected chi connectivity index (χ4v) is 9.40. The SMILES string of the molecule is Nc1nc(C(=NOC(c2ccccc2)(c2ccccc2)c2ccccc2)C(=O)N[C@@H]2C(=O)N3C(C(=O)OCCOC(=O)OC4CCCC4)=C(/C=C\c4cccnc4)CS[C@@H]23)cs1. The number of esters is 1. The maximum atomic E-state index is 14.4. The summed E-state index contributed by atoms with van der Waals surface area (Å²) in [5.41, 5.74) is 8.23. The van der Waals surface area contributed by atoms with Crippen molar-refractivity contribution < 1.29 is 38.2 Å². The molecule has 1 saturated carbocycles. The summed E-state index contributed by atoms with van der Waals surface area (Å²) in [7, 11) is 0. The van der Waals surface area contributed by atoms with Crippen LogP contribution in [-0.2, 0) is 39.0 Å². The Balaban J connectivity index is 1.05. The van der Waals surface area contributed by atoms with Gasteiger partial charge in [0.05, 0.1) is 0 Å². The van der Waals surface area contributed by atoms with E-state index in [-0.39, 0.29) is 41.6 Å². The van der Waals surface area contributed by atoms with Gasteiger partial charge in [-0.3, -0.25) is 19.5 Å². The Labute approximate surface area is 365 Å². The lowest BCUT2D eigenvalue weighted by Gasteiger charge is -2.49. The molecule has 0 unspecified atom stereocenters. The normalized spacial score (nSPS) is 17.9.